The van der Waals surface area contributed by atoms with Crippen molar-refractivity contribution in [3.8, 4) is 0 Å². The van der Waals surface area contributed by atoms with E-state index in [1.807, 2.05) is 5.10 Å². The Morgan fingerprint density at radius 1 is 1.71 bits per heavy atom. The Bertz CT molecular complexity index is 396. The molecule has 1 heterocycles. The zero-order valence-electron chi connectivity index (χ0n) is 7.56. The first-order chi connectivity index (χ1) is 6.65. The maximum absolute atomic E-state index is 11.1. The molecule has 1 aromatic heterocycles. The van der Waals surface area contributed by atoms with Gasteiger partial charge in [-0.3, -0.25) is 14.2 Å². The summed E-state index contributed by atoms with van der Waals surface area (Å²) in [4.78, 5) is 21.9. The second-order valence-corrected chi connectivity index (χ2v) is 2.59. The molecule has 0 spiro atoms. The van der Waals surface area contributed by atoms with Gasteiger partial charge in [-0.1, -0.05) is 0 Å². The van der Waals surface area contributed by atoms with Crippen molar-refractivity contribution in [3.63, 3.8) is 0 Å². The van der Waals surface area contributed by atoms with Gasteiger partial charge in [0.05, 0.1) is 0 Å². The summed E-state index contributed by atoms with van der Waals surface area (Å²) in [6, 6.07) is 0. The monoisotopic (exact) mass is 200 g/mol. The largest absolute Gasteiger partial charge is 0.368 e. The SMILES string of the molecule is COC(O)CCn1[c]n[nH]c(=O)c1=O. The molecule has 1 rings (SSSR count). The van der Waals surface area contributed by atoms with Gasteiger partial charge in [0.25, 0.3) is 0 Å². The molecule has 0 bridgehead atoms. The summed E-state index contributed by atoms with van der Waals surface area (Å²) >= 11 is 0. The van der Waals surface area contributed by atoms with Gasteiger partial charge in [0.1, 0.15) is 0 Å². The van der Waals surface area contributed by atoms with E-state index in [4.69, 9.17) is 5.11 Å². The Hall–Kier alpha value is -1.47. The molecule has 7 heteroatoms. The van der Waals surface area contributed by atoms with Gasteiger partial charge < -0.3 is 9.84 Å². The molecule has 1 radical (unpaired) electrons. The van der Waals surface area contributed by atoms with Gasteiger partial charge in [0.2, 0.25) is 6.33 Å². The van der Waals surface area contributed by atoms with Crippen LogP contribution in [0.2, 0.25) is 0 Å². The molecular formula is C7H10N3O4. The van der Waals surface area contributed by atoms with E-state index >= 15 is 0 Å². The van der Waals surface area contributed by atoms with Crippen molar-refractivity contribution in [2.45, 2.75) is 19.3 Å². The number of nitrogens with one attached hydrogen (secondary N) is 1. The van der Waals surface area contributed by atoms with Gasteiger partial charge in [0, 0.05) is 20.1 Å². The smallest absolute Gasteiger partial charge is 0.330 e. The number of ether oxygens (including phenoxy) is 1. The third-order valence-corrected chi connectivity index (χ3v) is 1.64. The van der Waals surface area contributed by atoms with Crippen LogP contribution in [0, 0.1) is 6.33 Å². The molecule has 0 aliphatic carbocycles. The fourth-order valence-electron chi connectivity index (χ4n) is 0.861. The fraction of sp³-hybridized carbons (Fsp3) is 0.571. The normalized spacial score (nSPS) is 12.7. The molecular weight excluding hydrogens is 190 g/mol. The quantitative estimate of drug-likeness (QED) is 0.436. The molecule has 1 unspecified atom stereocenters. The van der Waals surface area contributed by atoms with Crippen molar-refractivity contribution in [2.24, 2.45) is 0 Å². The van der Waals surface area contributed by atoms with E-state index < -0.39 is 17.4 Å². The van der Waals surface area contributed by atoms with E-state index in [9.17, 15) is 9.59 Å². The van der Waals surface area contributed by atoms with Crippen LogP contribution < -0.4 is 11.1 Å². The maximum atomic E-state index is 11.1. The van der Waals surface area contributed by atoms with Crippen LogP contribution in [-0.2, 0) is 11.3 Å². The van der Waals surface area contributed by atoms with Crippen molar-refractivity contribution < 1.29 is 9.84 Å². The van der Waals surface area contributed by atoms with E-state index in [1.54, 1.807) is 0 Å². The summed E-state index contributed by atoms with van der Waals surface area (Å²) in [5, 5.41) is 14.3. The standard InChI is InChI=1S/C7H10N3O4/c1-14-5(11)2-3-10-4-8-9-6(12)7(10)13/h5,11H,2-3H2,1H3,(H,9,12). The molecule has 0 aromatic carbocycles. The van der Waals surface area contributed by atoms with Crippen LogP contribution in [0.15, 0.2) is 9.59 Å². The Labute approximate surface area is 79.0 Å². The Morgan fingerprint density at radius 2 is 2.43 bits per heavy atom. The molecule has 7 nitrogen and oxygen atoms in total. The van der Waals surface area contributed by atoms with Crippen molar-refractivity contribution >= 4 is 0 Å². The molecule has 1 atom stereocenters. The van der Waals surface area contributed by atoms with E-state index in [0.717, 1.165) is 4.57 Å². The van der Waals surface area contributed by atoms with Gasteiger partial charge in [-0.25, -0.2) is 5.10 Å². The van der Waals surface area contributed by atoms with E-state index in [2.05, 4.69) is 16.2 Å². The van der Waals surface area contributed by atoms with E-state index in [-0.39, 0.29) is 13.0 Å². The van der Waals surface area contributed by atoms with Gasteiger partial charge >= 0.3 is 11.1 Å². The number of hydrogen-bond acceptors (Lipinski definition) is 5. The number of aliphatic hydroxyl groups is 1. The molecule has 0 fully saturated rings. The van der Waals surface area contributed by atoms with Crippen molar-refractivity contribution in [3.05, 3.63) is 27.0 Å². The van der Waals surface area contributed by atoms with Gasteiger partial charge in [-0.05, 0) is 0 Å². The highest BCUT2D eigenvalue weighted by Crippen LogP contribution is 1.92. The van der Waals surface area contributed by atoms with Crippen LogP contribution in [0.5, 0.6) is 0 Å². The van der Waals surface area contributed by atoms with Crippen LogP contribution in [0.4, 0.5) is 0 Å². The third-order valence-electron chi connectivity index (χ3n) is 1.64. The lowest BCUT2D eigenvalue weighted by Crippen LogP contribution is -2.37. The Kier molecular flexibility index (Phi) is 3.55. The lowest BCUT2D eigenvalue weighted by atomic mass is 10.4. The number of aromatic amines is 1. The molecule has 77 valence electrons. The summed E-state index contributed by atoms with van der Waals surface area (Å²) in [7, 11) is 1.34. The summed E-state index contributed by atoms with van der Waals surface area (Å²) in [6.07, 6.45) is 1.52. The van der Waals surface area contributed by atoms with Gasteiger partial charge in [-0.15, -0.1) is 0 Å². The number of rotatable bonds is 4. The minimum absolute atomic E-state index is 0.130. The second-order valence-electron chi connectivity index (χ2n) is 2.59. The maximum Gasteiger partial charge on any atom is 0.330 e. The van der Waals surface area contributed by atoms with Crippen molar-refractivity contribution in [1.82, 2.24) is 14.8 Å². The highest BCUT2D eigenvalue weighted by Gasteiger charge is 2.04. The zero-order chi connectivity index (χ0) is 10.6. The third kappa shape index (κ3) is 2.51. The lowest BCUT2D eigenvalue weighted by molar-refractivity contribution is -0.0804. The Morgan fingerprint density at radius 3 is 3.07 bits per heavy atom. The first-order valence-electron chi connectivity index (χ1n) is 3.93. The molecule has 0 saturated carbocycles. The Balaban J connectivity index is 2.73. The van der Waals surface area contributed by atoms with Crippen LogP contribution in [0.3, 0.4) is 0 Å². The van der Waals surface area contributed by atoms with Crippen LogP contribution in [-0.4, -0.2) is 33.3 Å². The average Bonchev–Trinajstić information content (AvgIpc) is 2.20. The minimum Gasteiger partial charge on any atom is -0.368 e. The first-order valence-corrected chi connectivity index (χ1v) is 3.93. The zero-order valence-corrected chi connectivity index (χ0v) is 7.56. The topological polar surface area (TPSA) is 97.2 Å². The molecule has 0 aliphatic heterocycles. The molecule has 0 saturated heterocycles. The summed E-state index contributed by atoms with van der Waals surface area (Å²) in [6.45, 7) is 0.130. The molecule has 2 N–H and O–H groups in total. The summed E-state index contributed by atoms with van der Waals surface area (Å²) in [5.41, 5.74) is -1.56. The predicted octanol–water partition coefficient (Wildman–Crippen LogP) is -1.91. The number of nitrogens with zero attached hydrogens (tertiary/aromatic N) is 2. The molecule has 14 heavy (non-hydrogen) atoms. The highest BCUT2D eigenvalue weighted by molar-refractivity contribution is 4.73. The van der Waals surface area contributed by atoms with Gasteiger partial charge in [-0.2, -0.15) is 5.10 Å². The second kappa shape index (κ2) is 4.68. The molecule has 1 aromatic rings. The van der Waals surface area contributed by atoms with E-state index in [1.165, 1.54) is 7.11 Å². The summed E-state index contributed by atoms with van der Waals surface area (Å²) in [5.74, 6) is 0. The van der Waals surface area contributed by atoms with Crippen LogP contribution >= 0.6 is 0 Å². The fourth-order valence-corrected chi connectivity index (χ4v) is 0.861. The number of aryl methyl sites for hydroxylation is 1. The molecule has 0 amide bonds. The first kappa shape index (κ1) is 10.6. The van der Waals surface area contributed by atoms with Gasteiger partial charge in [0.15, 0.2) is 6.29 Å². The highest BCUT2D eigenvalue weighted by atomic mass is 16.6. The summed E-state index contributed by atoms with van der Waals surface area (Å²) < 4.78 is 5.55. The van der Waals surface area contributed by atoms with Crippen LogP contribution in [0.25, 0.3) is 0 Å². The number of hydrogen-bond donors (Lipinski definition) is 2. The minimum atomic E-state index is -0.963. The number of aliphatic hydroxyl groups excluding tert-OH is 1. The van der Waals surface area contributed by atoms with Crippen molar-refractivity contribution in [1.29, 1.82) is 0 Å². The number of aromatic nitrogens is 3. The van der Waals surface area contributed by atoms with Crippen LogP contribution in [0.1, 0.15) is 6.42 Å². The number of H-pyrrole nitrogens is 1. The van der Waals surface area contributed by atoms with E-state index in [0.29, 0.717) is 0 Å². The number of methoxy groups -OCH3 is 1. The molecule has 0 aliphatic rings. The lowest BCUT2D eigenvalue weighted by Gasteiger charge is -2.07. The predicted molar refractivity (Wildman–Crippen MR) is 45.6 cm³/mol. The van der Waals surface area contributed by atoms with Crippen molar-refractivity contribution in [2.75, 3.05) is 7.11 Å². The average molecular weight is 200 g/mol.